The Morgan fingerprint density at radius 1 is 1.21 bits per heavy atom. The molecule has 5 nitrogen and oxygen atoms in total. The Balaban J connectivity index is 1.30. The zero-order chi connectivity index (χ0) is 19.3. The smallest absolute Gasteiger partial charge is 0.225 e. The number of piperidine rings is 1. The van der Waals surface area contributed by atoms with E-state index in [9.17, 15) is 9.59 Å². The number of aryl methyl sites for hydroxylation is 1. The molecule has 0 bridgehead atoms. The van der Waals surface area contributed by atoms with Gasteiger partial charge in [-0.05, 0) is 84.3 Å². The number of allylic oxidation sites excluding steroid dienone is 1. The average Bonchev–Trinajstić information content (AvgIpc) is 3.32. The Morgan fingerprint density at radius 2 is 2.07 bits per heavy atom. The molecule has 0 amide bonds. The van der Waals surface area contributed by atoms with E-state index in [1.807, 2.05) is 0 Å². The van der Waals surface area contributed by atoms with E-state index < -0.39 is 0 Å². The van der Waals surface area contributed by atoms with Crippen molar-refractivity contribution in [2.45, 2.75) is 38.5 Å². The fourth-order valence-corrected chi connectivity index (χ4v) is 5.24. The molecule has 146 valence electrons. The third-order valence-electron chi connectivity index (χ3n) is 5.30. The van der Waals surface area contributed by atoms with E-state index in [0.29, 0.717) is 16.5 Å². The van der Waals surface area contributed by atoms with Crippen LogP contribution >= 0.6 is 23.1 Å². The molecule has 0 aliphatic carbocycles. The number of carbonyl (C=O) groups excluding carboxylic acids is 2. The van der Waals surface area contributed by atoms with Crippen LogP contribution in [0.4, 0.5) is 5.95 Å². The molecule has 4 heterocycles. The highest BCUT2D eigenvalue weighted by Gasteiger charge is 2.26. The Kier molecular flexibility index (Phi) is 6.22. The van der Waals surface area contributed by atoms with Crippen molar-refractivity contribution in [1.82, 2.24) is 9.97 Å². The van der Waals surface area contributed by atoms with Gasteiger partial charge in [0.1, 0.15) is 0 Å². The van der Waals surface area contributed by atoms with E-state index in [4.69, 9.17) is 0 Å². The third kappa shape index (κ3) is 4.89. The van der Waals surface area contributed by atoms with Gasteiger partial charge in [0, 0.05) is 19.3 Å². The molecular formula is C21H23N3O2S2. The van der Waals surface area contributed by atoms with Crippen LogP contribution in [-0.4, -0.2) is 34.0 Å². The van der Waals surface area contributed by atoms with Crippen molar-refractivity contribution < 1.29 is 9.59 Å². The topological polar surface area (TPSA) is 63.2 Å². The van der Waals surface area contributed by atoms with Crippen molar-refractivity contribution in [3.05, 3.63) is 45.3 Å². The minimum atomic E-state index is -0.113. The van der Waals surface area contributed by atoms with Gasteiger partial charge in [0.15, 0.2) is 5.78 Å². The summed E-state index contributed by atoms with van der Waals surface area (Å²) in [6.45, 7) is 1.94. The Bertz CT molecular complexity index is 872. The second-order valence-corrected chi connectivity index (χ2v) is 9.20. The summed E-state index contributed by atoms with van der Waals surface area (Å²) >= 11 is 2.79. The fraction of sp³-hybridized carbons (Fsp3) is 0.429. The standard InChI is InChI=1S/C21H23N3O2S2/c25-18-13-20(26)28-19(18)12-17-4-8-22-21(23-17)24-9-5-15(6-10-24)2-1-3-16-7-11-27-14-16/h4,7-8,11-12,14-15H,1-3,5-6,9-10,13H2/b19-12-. The molecule has 7 heteroatoms. The first-order valence-corrected chi connectivity index (χ1v) is 11.5. The number of ketones is 1. The van der Waals surface area contributed by atoms with Crippen LogP contribution in [0.15, 0.2) is 34.0 Å². The normalized spacial score (nSPS) is 19.7. The molecule has 2 aromatic heterocycles. The number of nitrogens with zero attached hydrogens (tertiary/aromatic N) is 3. The second kappa shape index (κ2) is 9.01. The lowest BCUT2D eigenvalue weighted by Crippen LogP contribution is -2.35. The number of thiophene rings is 1. The number of Topliss-reactive ketones (excluding diaryl/α,β-unsaturated/α-hetero) is 1. The zero-order valence-electron chi connectivity index (χ0n) is 15.7. The third-order valence-corrected chi connectivity index (χ3v) is 6.97. The molecule has 2 aromatic rings. The lowest BCUT2D eigenvalue weighted by molar-refractivity contribution is -0.119. The molecule has 0 unspecified atom stereocenters. The van der Waals surface area contributed by atoms with Gasteiger partial charge in [-0.1, -0.05) is 0 Å². The molecule has 0 radical (unpaired) electrons. The van der Waals surface area contributed by atoms with Crippen LogP contribution < -0.4 is 4.90 Å². The quantitative estimate of drug-likeness (QED) is 0.518. The summed E-state index contributed by atoms with van der Waals surface area (Å²) in [6, 6.07) is 4.00. The first kappa shape index (κ1) is 19.3. The van der Waals surface area contributed by atoms with E-state index in [0.717, 1.165) is 30.8 Å². The predicted molar refractivity (Wildman–Crippen MR) is 114 cm³/mol. The summed E-state index contributed by atoms with van der Waals surface area (Å²) < 4.78 is 0. The minimum Gasteiger partial charge on any atom is -0.341 e. The molecule has 0 spiro atoms. The first-order valence-electron chi connectivity index (χ1n) is 9.72. The van der Waals surface area contributed by atoms with Crippen molar-refractivity contribution in [3.8, 4) is 0 Å². The highest BCUT2D eigenvalue weighted by molar-refractivity contribution is 8.18. The van der Waals surface area contributed by atoms with Gasteiger partial charge in [-0.3, -0.25) is 9.59 Å². The number of carbonyl (C=O) groups is 2. The largest absolute Gasteiger partial charge is 0.341 e. The molecule has 28 heavy (non-hydrogen) atoms. The minimum absolute atomic E-state index is 0.00559. The van der Waals surface area contributed by atoms with Gasteiger partial charge in [-0.15, -0.1) is 0 Å². The molecule has 2 saturated heterocycles. The summed E-state index contributed by atoms with van der Waals surface area (Å²) in [6.07, 6.45) is 9.49. The average molecular weight is 414 g/mol. The SMILES string of the molecule is O=C1CC(=O)/C(=C/c2ccnc(N3CCC(CCCc4ccsc4)CC3)n2)S1. The van der Waals surface area contributed by atoms with E-state index in [-0.39, 0.29) is 17.3 Å². The molecule has 2 aliphatic heterocycles. The van der Waals surface area contributed by atoms with E-state index in [2.05, 4.69) is 31.7 Å². The van der Waals surface area contributed by atoms with E-state index in [1.165, 1.54) is 37.7 Å². The summed E-state index contributed by atoms with van der Waals surface area (Å²) in [5.74, 6) is 1.38. The van der Waals surface area contributed by atoms with Gasteiger partial charge in [0.2, 0.25) is 11.1 Å². The van der Waals surface area contributed by atoms with Gasteiger partial charge in [0.05, 0.1) is 17.0 Å². The van der Waals surface area contributed by atoms with Crippen molar-refractivity contribution in [3.63, 3.8) is 0 Å². The maximum Gasteiger partial charge on any atom is 0.225 e. The first-order chi connectivity index (χ1) is 13.7. The highest BCUT2D eigenvalue weighted by atomic mass is 32.2. The number of rotatable bonds is 6. The van der Waals surface area contributed by atoms with Gasteiger partial charge >= 0.3 is 0 Å². The van der Waals surface area contributed by atoms with Gasteiger partial charge in [-0.25, -0.2) is 9.97 Å². The van der Waals surface area contributed by atoms with Crippen LogP contribution in [0.5, 0.6) is 0 Å². The van der Waals surface area contributed by atoms with Gasteiger partial charge < -0.3 is 4.90 Å². The summed E-state index contributed by atoms with van der Waals surface area (Å²) in [5, 5.41) is 4.30. The second-order valence-electron chi connectivity index (χ2n) is 7.32. The van der Waals surface area contributed by atoms with Crippen LogP contribution in [0.2, 0.25) is 0 Å². The molecular weight excluding hydrogens is 390 g/mol. The number of hydrogen-bond acceptors (Lipinski definition) is 7. The van der Waals surface area contributed by atoms with Crippen molar-refractivity contribution >= 4 is 46.0 Å². The molecule has 2 aliphatic rings. The number of hydrogen-bond donors (Lipinski definition) is 0. The van der Waals surface area contributed by atoms with E-state index in [1.54, 1.807) is 29.7 Å². The van der Waals surface area contributed by atoms with Gasteiger partial charge in [0.25, 0.3) is 0 Å². The maximum absolute atomic E-state index is 11.8. The van der Waals surface area contributed by atoms with Crippen molar-refractivity contribution in [2.75, 3.05) is 18.0 Å². The summed E-state index contributed by atoms with van der Waals surface area (Å²) in [5.41, 5.74) is 2.15. The van der Waals surface area contributed by atoms with Crippen LogP contribution in [0.25, 0.3) is 6.08 Å². The molecule has 0 atom stereocenters. The summed E-state index contributed by atoms with van der Waals surface area (Å²) in [4.78, 5) is 34.9. The fourth-order valence-electron chi connectivity index (χ4n) is 3.72. The monoisotopic (exact) mass is 413 g/mol. The maximum atomic E-state index is 11.8. The molecule has 0 saturated carbocycles. The lowest BCUT2D eigenvalue weighted by Gasteiger charge is -2.32. The van der Waals surface area contributed by atoms with E-state index >= 15 is 0 Å². The van der Waals surface area contributed by atoms with Crippen molar-refractivity contribution in [2.24, 2.45) is 5.92 Å². The van der Waals surface area contributed by atoms with Crippen LogP contribution in [0.1, 0.15) is 43.4 Å². The molecule has 0 N–H and O–H groups in total. The number of thioether (sulfide) groups is 1. The zero-order valence-corrected chi connectivity index (χ0v) is 17.3. The number of aromatic nitrogens is 2. The Hall–Kier alpha value is -1.99. The highest BCUT2D eigenvalue weighted by Crippen LogP contribution is 2.31. The molecule has 0 aromatic carbocycles. The lowest BCUT2D eigenvalue weighted by atomic mass is 9.91. The molecule has 2 fully saturated rings. The predicted octanol–water partition coefficient (Wildman–Crippen LogP) is 4.35. The van der Waals surface area contributed by atoms with Crippen molar-refractivity contribution in [1.29, 1.82) is 0 Å². The van der Waals surface area contributed by atoms with Crippen LogP contribution in [0, 0.1) is 5.92 Å². The molecule has 4 rings (SSSR count). The Labute approximate surface area is 173 Å². The van der Waals surface area contributed by atoms with Crippen LogP contribution in [-0.2, 0) is 16.0 Å². The Morgan fingerprint density at radius 3 is 2.79 bits per heavy atom. The number of anilines is 1. The summed E-state index contributed by atoms with van der Waals surface area (Å²) in [7, 11) is 0. The van der Waals surface area contributed by atoms with Gasteiger partial charge in [-0.2, -0.15) is 11.3 Å². The van der Waals surface area contributed by atoms with Crippen LogP contribution in [0.3, 0.4) is 0 Å².